The molecule has 4 bridgehead atoms. The highest BCUT2D eigenvalue weighted by molar-refractivity contribution is 6.26. The lowest BCUT2D eigenvalue weighted by atomic mass is 9.61. The van der Waals surface area contributed by atoms with Crippen LogP contribution in [0.2, 0.25) is 0 Å². The van der Waals surface area contributed by atoms with E-state index in [1.807, 2.05) is 19.9 Å². The first-order valence-corrected chi connectivity index (χ1v) is 10.3. The minimum Gasteiger partial charge on any atom is -0.488 e. The molecule has 0 aromatic carbocycles. The monoisotopic (exact) mass is 392 g/mol. The quantitative estimate of drug-likeness (QED) is 0.334. The summed E-state index contributed by atoms with van der Waals surface area (Å²) in [6.07, 6.45) is 16.5. The third-order valence-electron chi connectivity index (χ3n) is 6.57. The maximum atomic E-state index is 13.8. The number of hydrogen-bond acceptors (Lipinski definition) is 4. The molecule has 0 amide bonds. The van der Waals surface area contributed by atoms with Crippen LogP contribution in [0.3, 0.4) is 0 Å². The van der Waals surface area contributed by atoms with Gasteiger partial charge < -0.3 is 9.47 Å². The van der Waals surface area contributed by atoms with Crippen LogP contribution in [0.25, 0.3) is 0 Å². The summed E-state index contributed by atoms with van der Waals surface area (Å²) in [4.78, 5) is 26.7. The van der Waals surface area contributed by atoms with Crippen LogP contribution in [0.5, 0.6) is 0 Å². The molecule has 0 unspecified atom stereocenters. The lowest BCUT2D eigenvalue weighted by Crippen LogP contribution is -2.53. The molecule has 5 rings (SSSR count). The van der Waals surface area contributed by atoms with Gasteiger partial charge in [-0.15, -0.1) is 0 Å². The summed E-state index contributed by atoms with van der Waals surface area (Å²) >= 11 is 0. The molecule has 2 aliphatic carbocycles. The third-order valence-corrected chi connectivity index (χ3v) is 6.57. The number of ether oxygens (including phenoxy) is 2. The number of hydrogen-bond donors (Lipinski definition) is 0. The highest BCUT2D eigenvalue weighted by atomic mass is 16.6. The smallest absolute Gasteiger partial charge is 0.346 e. The molecule has 3 atom stereocenters. The van der Waals surface area contributed by atoms with Gasteiger partial charge in [-0.25, -0.2) is 4.79 Å². The van der Waals surface area contributed by atoms with Crippen LogP contribution in [0.4, 0.5) is 0 Å². The number of ketones is 1. The maximum Gasteiger partial charge on any atom is 0.346 e. The molecule has 0 N–H and O–H groups in total. The molecule has 152 valence electrons. The molecule has 5 aliphatic rings. The van der Waals surface area contributed by atoms with Crippen LogP contribution >= 0.6 is 0 Å². The minimum atomic E-state index is -1.24. The van der Waals surface area contributed by atoms with Crippen molar-refractivity contribution in [2.24, 2.45) is 11.3 Å². The molecule has 1 saturated heterocycles. The van der Waals surface area contributed by atoms with E-state index in [0.29, 0.717) is 18.8 Å². The zero-order chi connectivity index (χ0) is 20.8. The Balaban J connectivity index is 1.95. The van der Waals surface area contributed by atoms with Gasteiger partial charge in [-0.05, 0) is 51.2 Å². The molecule has 0 saturated carbocycles. The summed E-state index contributed by atoms with van der Waals surface area (Å²) in [6, 6.07) is 0. The van der Waals surface area contributed by atoms with Crippen molar-refractivity contribution in [3.05, 3.63) is 70.6 Å². The molecule has 0 aromatic heterocycles. The molecule has 4 nitrogen and oxygen atoms in total. The Labute approximate surface area is 172 Å². The highest BCUT2D eigenvalue weighted by Crippen LogP contribution is 2.53. The third kappa shape index (κ3) is 3.15. The van der Waals surface area contributed by atoms with Crippen LogP contribution in [0, 0.1) is 11.3 Å². The Kier molecular flexibility index (Phi) is 4.76. The van der Waals surface area contributed by atoms with Crippen LogP contribution in [-0.2, 0) is 19.1 Å². The number of esters is 1. The van der Waals surface area contributed by atoms with Crippen molar-refractivity contribution in [3.8, 4) is 0 Å². The van der Waals surface area contributed by atoms with E-state index in [1.54, 1.807) is 6.08 Å². The number of allylic oxidation sites excluding steroid dienone is 6. The van der Waals surface area contributed by atoms with Crippen LogP contribution in [0.1, 0.15) is 47.0 Å². The lowest BCUT2D eigenvalue weighted by molar-refractivity contribution is -0.162. The van der Waals surface area contributed by atoms with Gasteiger partial charge >= 0.3 is 5.97 Å². The highest BCUT2D eigenvalue weighted by Gasteiger charge is 2.63. The SMILES string of the molecule is CC1=C[C@@]2(C)C=C(C)[C@@H](C)C[C@]23OC(=O)/C(=C2/C=CC(=CCCC=C1)CO2)C3=O. The fourth-order valence-corrected chi connectivity index (χ4v) is 4.83. The summed E-state index contributed by atoms with van der Waals surface area (Å²) in [5, 5.41) is 0. The Morgan fingerprint density at radius 1 is 1.07 bits per heavy atom. The fourth-order valence-electron chi connectivity index (χ4n) is 4.83. The van der Waals surface area contributed by atoms with Gasteiger partial charge in [0.15, 0.2) is 5.60 Å². The molecule has 3 aliphatic heterocycles. The second kappa shape index (κ2) is 7.01. The van der Waals surface area contributed by atoms with Crippen molar-refractivity contribution >= 4 is 11.8 Å². The zero-order valence-corrected chi connectivity index (χ0v) is 17.6. The zero-order valence-electron chi connectivity index (χ0n) is 17.6. The van der Waals surface area contributed by atoms with Gasteiger partial charge in [0.25, 0.3) is 0 Å². The van der Waals surface area contributed by atoms with E-state index in [1.165, 1.54) is 5.57 Å². The molecular weight excluding hydrogens is 364 g/mol. The summed E-state index contributed by atoms with van der Waals surface area (Å²) < 4.78 is 11.8. The largest absolute Gasteiger partial charge is 0.488 e. The van der Waals surface area contributed by atoms with Crippen LogP contribution < -0.4 is 0 Å². The first kappa shape index (κ1) is 19.7. The van der Waals surface area contributed by atoms with Crippen molar-refractivity contribution in [2.45, 2.75) is 52.6 Å². The second-order valence-corrected chi connectivity index (χ2v) is 8.83. The Morgan fingerprint density at radius 3 is 2.59 bits per heavy atom. The Morgan fingerprint density at radius 2 is 1.86 bits per heavy atom. The molecule has 3 heterocycles. The summed E-state index contributed by atoms with van der Waals surface area (Å²) in [5.41, 5.74) is 1.38. The van der Waals surface area contributed by atoms with Crippen LogP contribution in [0.15, 0.2) is 70.6 Å². The van der Waals surface area contributed by atoms with Crippen molar-refractivity contribution in [3.63, 3.8) is 0 Å². The van der Waals surface area contributed by atoms with Gasteiger partial charge in [-0.3, -0.25) is 4.79 Å². The second-order valence-electron chi connectivity index (χ2n) is 8.83. The van der Waals surface area contributed by atoms with Crippen molar-refractivity contribution in [2.75, 3.05) is 6.61 Å². The van der Waals surface area contributed by atoms with E-state index < -0.39 is 17.0 Å². The first-order chi connectivity index (χ1) is 13.8. The number of rotatable bonds is 0. The number of fused-ring (bicyclic) bond motifs is 5. The molecular formula is C25H28O4. The number of Topliss-reactive ketones (excluding diaryl/α,β-unsaturated/α-hetero) is 1. The average Bonchev–Trinajstić information content (AvgIpc) is 2.91. The van der Waals surface area contributed by atoms with Crippen molar-refractivity contribution in [1.82, 2.24) is 0 Å². The molecule has 1 spiro atoms. The van der Waals surface area contributed by atoms with Gasteiger partial charge in [0.1, 0.15) is 17.9 Å². The van der Waals surface area contributed by atoms with E-state index in [9.17, 15) is 9.59 Å². The van der Waals surface area contributed by atoms with Gasteiger partial charge in [0.2, 0.25) is 5.78 Å². The van der Waals surface area contributed by atoms with Crippen molar-refractivity contribution < 1.29 is 19.1 Å². The van der Waals surface area contributed by atoms with E-state index in [2.05, 4.69) is 44.2 Å². The Hall–Kier alpha value is -2.62. The molecule has 1 fully saturated rings. The van der Waals surface area contributed by atoms with E-state index in [0.717, 1.165) is 24.0 Å². The number of carbonyl (C=O) groups is 2. The minimum absolute atomic E-state index is 0.0446. The van der Waals surface area contributed by atoms with Gasteiger partial charge in [-0.2, -0.15) is 0 Å². The van der Waals surface area contributed by atoms with Gasteiger partial charge in [0.05, 0.1) is 5.41 Å². The summed E-state index contributed by atoms with van der Waals surface area (Å²) in [5.74, 6) is -0.380. The Bertz CT molecular complexity index is 955. The predicted octanol–water partition coefficient (Wildman–Crippen LogP) is 4.91. The average molecular weight is 392 g/mol. The summed E-state index contributed by atoms with van der Waals surface area (Å²) in [7, 11) is 0. The van der Waals surface area contributed by atoms with E-state index >= 15 is 0 Å². The maximum absolute atomic E-state index is 13.8. The van der Waals surface area contributed by atoms with E-state index in [4.69, 9.17) is 9.47 Å². The standard InChI is InChI=1S/C25H28O4/c1-16-8-6-5-7-9-19-10-11-20(28-15-19)21-22(26)25(29-23(21)27)14-18(3)17(2)13-24(25,4)12-16/h6,8-13,18H,5,7,14-15H2,1-4H3/b8-6?,16-12?,19-9?,21-20-/t18-,24-,25+/m0/s1. The predicted molar refractivity (Wildman–Crippen MR) is 112 cm³/mol. The van der Waals surface area contributed by atoms with Crippen molar-refractivity contribution in [1.29, 1.82) is 0 Å². The fraction of sp³-hybridized carbons (Fsp3) is 0.440. The molecule has 0 radical (unpaired) electrons. The number of carbonyl (C=O) groups excluding carboxylic acids is 2. The molecule has 29 heavy (non-hydrogen) atoms. The van der Waals surface area contributed by atoms with E-state index in [-0.39, 0.29) is 17.3 Å². The van der Waals surface area contributed by atoms with Gasteiger partial charge in [0, 0.05) is 6.42 Å². The summed E-state index contributed by atoms with van der Waals surface area (Å²) in [6.45, 7) is 8.54. The van der Waals surface area contributed by atoms with Gasteiger partial charge in [-0.1, -0.05) is 54.5 Å². The molecule has 0 aromatic rings. The molecule has 4 heteroatoms. The van der Waals surface area contributed by atoms with Crippen LogP contribution in [-0.4, -0.2) is 24.0 Å². The lowest BCUT2D eigenvalue weighted by Gasteiger charge is -2.45. The topological polar surface area (TPSA) is 52.6 Å². The normalized spacial score (nSPS) is 37.0. The first-order valence-electron chi connectivity index (χ1n) is 10.3.